The number of aromatic nitrogens is 3. The molecule has 0 fully saturated rings. The van der Waals surface area contributed by atoms with Crippen LogP contribution >= 0.6 is 0 Å². The summed E-state index contributed by atoms with van der Waals surface area (Å²) >= 11 is 0. The molecular weight excluding hydrogens is 271 g/mol. The first kappa shape index (κ1) is 12.5. The zero-order chi connectivity index (χ0) is 14.2. The van der Waals surface area contributed by atoms with Crippen LogP contribution in [0.1, 0.15) is 5.69 Å². The number of nitrogens with zero attached hydrogens (tertiary/aromatic N) is 2. The highest BCUT2D eigenvalue weighted by atomic mass is 19.4. The SMILES string of the molecule is FC(F)(F)c1ccc(Oc2ccc3nc[nH]c3c2)cn1. The molecule has 0 radical (unpaired) electrons. The maximum atomic E-state index is 12.4. The number of H-pyrrole nitrogens is 1. The van der Waals surface area contributed by atoms with E-state index in [0.29, 0.717) is 5.75 Å². The van der Waals surface area contributed by atoms with Crippen LogP contribution in [0.3, 0.4) is 0 Å². The molecule has 0 saturated heterocycles. The van der Waals surface area contributed by atoms with Crippen molar-refractivity contribution in [2.45, 2.75) is 6.18 Å². The summed E-state index contributed by atoms with van der Waals surface area (Å²) in [6, 6.07) is 7.25. The highest BCUT2D eigenvalue weighted by Gasteiger charge is 2.32. The normalized spacial score (nSPS) is 11.8. The highest BCUT2D eigenvalue weighted by Crippen LogP contribution is 2.29. The number of hydrogen-bond acceptors (Lipinski definition) is 3. The van der Waals surface area contributed by atoms with Crippen LogP contribution in [0.15, 0.2) is 42.9 Å². The number of ether oxygens (including phenoxy) is 1. The largest absolute Gasteiger partial charge is 0.456 e. The van der Waals surface area contributed by atoms with Gasteiger partial charge in [0.1, 0.15) is 17.2 Å². The molecule has 7 heteroatoms. The summed E-state index contributed by atoms with van der Waals surface area (Å²) in [5.41, 5.74) is 0.610. The summed E-state index contributed by atoms with van der Waals surface area (Å²) in [4.78, 5) is 10.3. The second kappa shape index (κ2) is 4.52. The molecule has 0 aliphatic carbocycles. The van der Waals surface area contributed by atoms with Crippen LogP contribution in [0.5, 0.6) is 11.5 Å². The molecule has 3 aromatic rings. The molecule has 2 heterocycles. The number of nitrogens with one attached hydrogen (secondary N) is 1. The third-order valence-corrected chi connectivity index (χ3v) is 2.65. The van der Waals surface area contributed by atoms with E-state index < -0.39 is 11.9 Å². The number of fused-ring (bicyclic) bond motifs is 1. The summed E-state index contributed by atoms with van der Waals surface area (Å²) < 4.78 is 42.6. The first-order valence-electron chi connectivity index (χ1n) is 5.66. The van der Waals surface area contributed by atoms with Gasteiger partial charge in [0.25, 0.3) is 0 Å². The summed E-state index contributed by atoms with van der Waals surface area (Å²) in [6.07, 6.45) is -1.86. The smallest absolute Gasteiger partial charge is 0.433 e. The van der Waals surface area contributed by atoms with Gasteiger partial charge < -0.3 is 9.72 Å². The molecule has 0 bridgehead atoms. The van der Waals surface area contributed by atoms with Gasteiger partial charge in [-0.2, -0.15) is 13.2 Å². The molecule has 3 rings (SSSR count). The Bertz CT molecular complexity index is 734. The second-order valence-electron chi connectivity index (χ2n) is 4.06. The first-order chi connectivity index (χ1) is 9.52. The predicted molar refractivity (Wildman–Crippen MR) is 65.4 cm³/mol. The summed E-state index contributed by atoms with van der Waals surface area (Å²) in [5.74, 6) is 0.722. The van der Waals surface area contributed by atoms with Gasteiger partial charge in [-0.15, -0.1) is 0 Å². The molecule has 0 aliphatic heterocycles. The van der Waals surface area contributed by atoms with Gasteiger partial charge in [0.2, 0.25) is 0 Å². The number of benzene rings is 1. The summed E-state index contributed by atoms with van der Waals surface area (Å²) in [5, 5.41) is 0. The van der Waals surface area contributed by atoms with Crippen LogP contribution in [0.25, 0.3) is 11.0 Å². The predicted octanol–water partition coefficient (Wildman–Crippen LogP) is 3.77. The molecule has 0 spiro atoms. The highest BCUT2D eigenvalue weighted by molar-refractivity contribution is 5.76. The third kappa shape index (κ3) is 2.42. The fourth-order valence-corrected chi connectivity index (χ4v) is 1.72. The number of pyridine rings is 1. The minimum Gasteiger partial charge on any atom is -0.456 e. The van der Waals surface area contributed by atoms with E-state index in [0.717, 1.165) is 23.3 Å². The van der Waals surface area contributed by atoms with Gasteiger partial charge in [-0.05, 0) is 24.3 Å². The van der Waals surface area contributed by atoms with E-state index in [2.05, 4.69) is 15.0 Å². The Hall–Kier alpha value is -2.57. The van der Waals surface area contributed by atoms with E-state index in [1.165, 1.54) is 6.07 Å². The number of rotatable bonds is 2. The average Bonchev–Trinajstić information content (AvgIpc) is 2.86. The van der Waals surface area contributed by atoms with Crippen molar-refractivity contribution in [3.63, 3.8) is 0 Å². The number of alkyl halides is 3. The Kier molecular flexibility index (Phi) is 2.81. The summed E-state index contributed by atoms with van der Waals surface area (Å²) in [6.45, 7) is 0. The average molecular weight is 279 g/mol. The maximum Gasteiger partial charge on any atom is 0.433 e. The van der Waals surface area contributed by atoms with Gasteiger partial charge in [-0.25, -0.2) is 9.97 Å². The minimum absolute atomic E-state index is 0.233. The van der Waals surface area contributed by atoms with Crippen molar-refractivity contribution in [3.05, 3.63) is 48.5 Å². The van der Waals surface area contributed by atoms with Crippen molar-refractivity contribution in [2.75, 3.05) is 0 Å². The number of imidazole rings is 1. The Labute approximate surface area is 111 Å². The Morgan fingerprint density at radius 3 is 2.50 bits per heavy atom. The Balaban J connectivity index is 1.83. The maximum absolute atomic E-state index is 12.4. The minimum atomic E-state index is -4.45. The Morgan fingerprint density at radius 1 is 1.00 bits per heavy atom. The standard InChI is InChI=1S/C13H8F3N3O/c14-13(15,16)12-4-2-9(6-17-12)20-8-1-3-10-11(5-8)19-7-18-10/h1-7H,(H,18,19). The van der Waals surface area contributed by atoms with E-state index >= 15 is 0 Å². The lowest BCUT2D eigenvalue weighted by Crippen LogP contribution is -2.07. The number of hydrogen-bond donors (Lipinski definition) is 1. The molecule has 0 unspecified atom stereocenters. The van der Waals surface area contributed by atoms with E-state index in [1.54, 1.807) is 24.5 Å². The first-order valence-corrected chi connectivity index (χ1v) is 5.66. The molecule has 4 nitrogen and oxygen atoms in total. The number of aromatic amines is 1. The molecule has 1 aromatic carbocycles. The van der Waals surface area contributed by atoms with Gasteiger partial charge in [-0.3, -0.25) is 0 Å². The van der Waals surface area contributed by atoms with Gasteiger partial charge in [-0.1, -0.05) is 0 Å². The van der Waals surface area contributed by atoms with Crippen LogP contribution < -0.4 is 4.74 Å². The molecule has 102 valence electrons. The van der Waals surface area contributed by atoms with Gasteiger partial charge in [0.15, 0.2) is 0 Å². The van der Waals surface area contributed by atoms with Crippen molar-refractivity contribution in [1.82, 2.24) is 15.0 Å². The zero-order valence-electron chi connectivity index (χ0n) is 9.98. The molecule has 2 aromatic heterocycles. The monoisotopic (exact) mass is 279 g/mol. The van der Waals surface area contributed by atoms with E-state index in [9.17, 15) is 13.2 Å². The molecule has 0 amide bonds. The van der Waals surface area contributed by atoms with Crippen LogP contribution in [0, 0.1) is 0 Å². The van der Waals surface area contributed by atoms with Crippen molar-refractivity contribution < 1.29 is 17.9 Å². The molecule has 0 aliphatic rings. The third-order valence-electron chi connectivity index (χ3n) is 2.65. The molecule has 20 heavy (non-hydrogen) atoms. The van der Waals surface area contributed by atoms with E-state index in [1.807, 2.05) is 0 Å². The number of halogens is 3. The zero-order valence-corrected chi connectivity index (χ0v) is 9.98. The van der Waals surface area contributed by atoms with Gasteiger partial charge in [0, 0.05) is 6.07 Å². The van der Waals surface area contributed by atoms with E-state index in [4.69, 9.17) is 4.74 Å². The fraction of sp³-hybridized carbons (Fsp3) is 0.0769. The lowest BCUT2D eigenvalue weighted by atomic mass is 10.3. The van der Waals surface area contributed by atoms with Crippen molar-refractivity contribution in [2.24, 2.45) is 0 Å². The van der Waals surface area contributed by atoms with Crippen LogP contribution in [0.2, 0.25) is 0 Å². The second-order valence-corrected chi connectivity index (χ2v) is 4.06. The quantitative estimate of drug-likeness (QED) is 0.776. The van der Waals surface area contributed by atoms with Crippen molar-refractivity contribution in [3.8, 4) is 11.5 Å². The summed E-state index contributed by atoms with van der Waals surface area (Å²) in [7, 11) is 0. The van der Waals surface area contributed by atoms with Gasteiger partial charge >= 0.3 is 6.18 Å². The Morgan fingerprint density at radius 2 is 1.80 bits per heavy atom. The molecular formula is C13H8F3N3O. The molecule has 0 saturated carbocycles. The van der Waals surface area contributed by atoms with Crippen molar-refractivity contribution in [1.29, 1.82) is 0 Å². The topological polar surface area (TPSA) is 50.8 Å². The lowest BCUT2D eigenvalue weighted by molar-refractivity contribution is -0.141. The molecule has 1 N–H and O–H groups in total. The van der Waals surface area contributed by atoms with Crippen LogP contribution in [-0.2, 0) is 6.18 Å². The molecule has 0 atom stereocenters. The van der Waals surface area contributed by atoms with E-state index in [-0.39, 0.29) is 5.75 Å². The van der Waals surface area contributed by atoms with Crippen LogP contribution in [0.4, 0.5) is 13.2 Å². The van der Waals surface area contributed by atoms with Crippen molar-refractivity contribution >= 4 is 11.0 Å². The van der Waals surface area contributed by atoms with Gasteiger partial charge in [0.05, 0.1) is 23.6 Å². The van der Waals surface area contributed by atoms with Crippen LogP contribution in [-0.4, -0.2) is 15.0 Å². The fourth-order valence-electron chi connectivity index (χ4n) is 1.72. The lowest BCUT2D eigenvalue weighted by Gasteiger charge is -2.08.